The van der Waals surface area contributed by atoms with Crippen LogP contribution in [0.25, 0.3) is 0 Å². The van der Waals surface area contributed by atoms with Crippen molar-refractivity contribution in [3.63, 3.8) is 0 Å². The normalized spacial score (nSPS) is 18.4. The quantitative estimate of drug-likeness (QED) is 0.819. The SMILES string of the molecule is CC(C)CC1CCCN(C(=O)Cc2ccc(CNC(C)C)cc2)C1. The zero-order valence-electron chi connectivity index (χ0n) is 15.8. The Morgan fingerprint density at radius 2 is 1.83 bits per heavy atom. The first kappa shape index (κ1) is 19.0. The van der Waals surface area contributed by atoms with Gasteiger partial charge < -0.3 is 10.2 Å². The van der Waals surface area contributed by atoms with E-state index < -0.39 is 0 Å². The molecule has 1 saturated heterocycles. The Morgan fingerprint density at radius 3 is 2.46 bits per heavy atom. The van der Waals surface area contributed by atoms with E-state index >= 15 is 0 Å². The van der Waals surface area contributed by atoms with Gasteiger partial charge in [-0.15, -0.1) is 0 Å². The van der Waals surface area contributed by atoms with Crippen LogP contribution in [0.3, 0.4) is 0 Å². The van der Waals surface area contributed by atoms with Crippen molar-refractivity contribution in [3.8, 4) is 0 Å². The second kappa shape index (κ2) is 9.22. The van der Waals surface area contributed by atoms with Crippen LogP contribution in [-0.4, -0.2) is 29.9 Å². The second-order valence-electron chi connectivity index (χ2n) is 8.01. The summed E-state index contributed by atoms with van der Waals surface area (Å²) in [7, 11) is 0. The van der Waals surface area contributed by atoms with E-state index in [1.165, 1.54) is 18.4 Å². The van der Waals surface area contributed by atoms with Crippen LogP contribution in [0.15, 0.2) is 24.3 Å². The number of piperidine rings is 1. The molecular weight excluding hydrogens is 296 g/mol. The summed E-state index contributed by atoms with van der Waals surface area (Å²) < 4.78 is 0. The van der Waals surface area contributed by atoms with Crippen molar-refractivity contribution in [2.24, 2.45) is 11.8 Å². The molecular formula is C21H34N2O. The minimum absolute atomic E-state index is 0.288. The average Bonchev–Trinajstić information content (AvgIpc) is 2.53. The fraction of sp³-hybridized carbons (Fsp3) is 0.667. The maximum Gasteiger partial charge on any atom is 0.226 e. The van der Waals surface area contributed by atoms with Gasteiger partial charge in [0.25, 0.3) is 0 Å². The number of hydrogen-bond acceptors (Lipinski definition) is 2. The molecule has 24 heavy (non-hydrogen) atoms. The van der Waals surface area contributed by atoms with Crippen LogP contribution in [0.4, 0.5) is 0 Å². The zero-order chi connectivity index (χ0) is 17.5. The third-order valence-corrected chi connectivity index (χ3v) is 4.77. The molecule has 0 aromatic heterocycles. The van der Waals surface area contributed by atoms with Crippen LogP contribution in [0, 0.1) is 11.8 Å². The highest BCUT2D eigenvalue weighted by Gasteiger charge is 2.24. The van der Waals surface area contributed by atoms with Crippen LogP contribution in [0.1, 0.15) is 58.1 Å². The fourth-order valence-electron chi connectivity index (χ4n) is 3.53. The van der Waals surface area contributed by atoms with Crippen LogP contribution in [0.5, 0.6) is 0 Å². The number of carbonyl (C=O) groups is 1. The predicted octanol–water partition coefficient (Wildman–Crippen LogP) is 4.01. The van der Waals surface area contributed by atoms with E-state index in [1.807, 2.05) is 0 Å². The number of rotatable bonds is 7. The second-order valence-corrected chi connectivity index (χ2v) is 8.01. The molecule has 1 aromatic carbocycles. The lowest BCUT2D eigenvalue weighted by atomic mass is 9.89. The molecule has 1 N–H and O–H groups in total. The van der Waals surface area contributed by atoms with E-state index in [0.717, 1.165) is 37.5 Å². The van der Waals surface area contributed by atoms with Crippen molar-refractivity contribution in [2.75, 3.05) is 13.1 Å². The van der Waals surface area contributed by atoms with E-state index in [4.69, 9.17) is 0 Å². The minimum atomic E-state index is 0.288. The molecule has 0 aliphatic carbocycles. The summed E-state index contributed by atoms with van der Waals surface area (Å²) in [4.78, 5) is 14.7. The van der Waals surface area contributed by atoms with Crippen molar-refractivity contribution in [2.45, 2.75) is 66.0 Å². The Labute approximate surface area is 147 Å². The van der Waals surface area contributed by atoms with Crippen molar-refractivity contribution in [3.05, 3.63) is 35.4 Å². The zero-order valence-corrected chi connectivity index (χ0v) is 15.8. The number of nitrogens with one attached hydrogen (secondary N) is 1. The average molecular weight is 331 g/mol. The van der Waals surface area contributed by atoms with E-state index in [-0.39, 0.29) is 5.91 Å². The molecule has 1 unspecified atom stereocenters. The molecule has 134 valence electrons. The number of amides is 1. The summed E-state index contributed by atoms with van der Waals surface area (Å²) in [6.45, 7) is 11.6. The molecule has 1 heterocycles. The van der Waals surface area contributed by atoms with Crippen LogP contribution >= 0.6 is 0 Å². The summed E-state index contributed by atoms with van der Waals surface area (Å²) in [6, 6.07) is 8.96. The lowest BCUT2D eigenvalue weighted by Crippen LogP contribution is -2.41. The van der Waals surface area contributed by atoms with Gasteiger partial charge in [0.05, 0.1) is 6.42 Å². The van der Waals surface area contributed by atoms with Crippen molar-refractivity contribution < 1.29 is 4.79 Å². The molecule has 0 radical (unpaired) electrons. The Balaban J connectivity index is 1.85. The highest BCUT2D eigenvalue weighted by atomic mass is 16.2. The van der Waals surface area contributed by atoms with Crippen molar-refractivity contribution in [1.29, 1.82) is 0 Å². The number of carbonyl (C=O) groups excluding carboxylic acids is 1. The first-order chi connectivity index (χ1) is 11.4. The molecule has 0 bridgehead atoms. The minimum Gasteiger partial charge on any atom is -0.342 e. The Hall–Kier alpha value is -1.35. The van der Waals surface area contributed by atoms with Crippen LogP contribution < -0.4 is 5.32 Å². The van der Waals surface area contributed by atoms with Gasteiger partial charge in [0, 0.05) is 25.7 Å². The van der Waals surface area contributed by atoms with Gasteiger partial charge in [-0.3, -0.25) is 4.79 Å². The maximum absolute atomic E-state index is 12.6. The Bertz CT molecular complexity index is 507. The van der Waals surface area contributed by atoms with Gasteiger partial charge in [-0.1, -0.05) is 52.0 Å². The first-order valence-corrected chi connectivity index (χ1v) is 9.53. The summed E-state index contributed by atoms with van der Waals surface area (Å²) in [6.07, 6.45) is 4.20. The third-order valence-electron chi connectivity index (χ3n) is 4.77. The smallest absolute Gasteiger partial charge is 0.226 e. The highest BCUT2D eigenvalue weighted by Crippen LogP contribution is 2.23. The molecule has 1 atom stereocenters. The number of hydrogen-bond donors (Lipinski definition) is 1. The largest absolute Gasteiger partial charge is 0.342 e. The molecule has 0 spiro atoms. The first-order valence-electron chi connectivity index (χ1n) is 9.53. The number of nitrogens with zero attached hydrogens (tertiary/aromatic N) is 1. The summed E-state index contributed by atoms with van der Waals surface area (Å²) in [5.41, 5.74) is 2.40. The third kappa shape index (κ3) is 6.27. The van der Waals surface area contributed by atoms with Gasteiger partial charge >= 0.3 is 0 Å². The molecule has 1 aliphatic rings. The number of likely N-dealkylation sites (tertiary alicyclic amines) is 1. The summed E-state index contributed by atoms with van der Waals surface area (Å²) >= 11 is 0. The molecule has 0 saturated carbocycles. The van der Waals surface area contributed by atoms with Crippen LogP contribution in [0.2, 0.25) is 0 Å². The Morgan fingerprint density at radius 1 is 1.17 bits per heavy atom. The summed E-state index contributed by atoms with van der Waals surface area (Å²) in [5, 5.41) is 3.42. The standard InChI is InChI=1S/C21H34N2O/c1-16(2)12-20-6-5-11-23(15-20)21(24)13-18-7-9-19(10-8-18)14-22-17(3)4/h7-10,16-17,20,22H,5-6,11-15H2,1-4H3. The topological polar surface area (TPSA) is 32.3 Å². The lowest BCUT2D eigenvalue weighted by Gasteiger charge is -2.33. The molecule has 1 fully saturated rings. The number of benzene rings is 1. The van der Waals surface area contributed by atoms with Gasteiger partial charge in [-0.2, -0.15) is 0 Å². The van der Waals surface area contributed by atoms with Gasteiger partial charge in [0.1, 0.15) is 0 Å². The monoisotopic (exact) mass is 330 g/mol. The molecule has 2 rings (SSSR count). The fourth-order valence-corrected chi connectivity index (χ4v) is 3.53. The van der Waals surface area contributed by atoms with Crippen LogP contribution in [-0.2, 0) is 17.8 Å². The highest BCUT2D eigenvalue weighted by molar-refractivity contribution is 5.78. The van der Waals surface area contributed by atoms with Gasteiger partial charge in [-0.05, 0) is 42.2 Å². The van der Waals surface area contributed by atoms with Gasteiger partial charge in [0.2, 0.25) is 5.91 Å². The Kier molecular flexibility index (Phi) is 7.29. The summed E-state index contributed by atoms with van der Waals surface area (Å²) in [5.74, 6) is 1.70. The predicted molar refractivity (Wildman–Crippen MR) is 101 cm³/mol. The maximum atomic E-state index is 12.6. The van der Waals surface area contributed by atoms with E-state index in [9.17, 15) is 4.79 Å². The van der Waals surface area contributed by atoms with Crippen molar-refractivity contribution in [1.82, 2.24) is 10.2 Å². The van der Waals surface area contributed by atoms with E-state index in [0.29, 0.717) is 18.4 Å². The van der Waals surface area contributed by atoms with Gasteiger partial charge in [-0.25, -0.2) is 0 Å². The molecule has 3 nitrogen and oxygen atoms in total. The molecule has 1 amide bonds. The van der Waals surface area contributed by atoms with Gasteiger partial charge in [0.15, 0.2) is 0 Å². The van der Waals surface area contributed by atoms with E-state index in [2.05, 4.69) is 62.2 Å². The molecule has 3 heteroatoms. The van der Waals surface area contributed by atoms with Crippen molar-refractivity contribution >= 4 is 5.91 Å². The van der Waals surface area contributed by atoms with E-state index in [1.54, 1.807) is 0 Å². The lowest BCUT2D eigenvalue weighted by molar-refractivity contribution is -0.132. The molecule has 1 aromatic rings. The molecule has 1 aliphatic heterocycles.